The summed E-state index contributed by atoms with van der Waals surface area (Å²) in [7, 11) is 0. The SMILES string of the molecule is O=C(CCc1ccc2c(c1)OCCO2)NCCOc1ccccc1. The van der Waals surface area contributed by atoms with Gasteiger partial charge in [-0.1, -0.05) is 24.3 Å². The first kappa shape index (κ1) is 16.2. The van der Waals surface area contributed by atoms with Gasteiger partial charge in [-0.2, -0.15) is 0 Å². The van der Waals surface area contributed by atoms with Crippen molar-refractivity contribution in [2.45, 2.75) is 12.8 Å². The zero-order valence-electron chi connectivity index (χ0n) is 13.5. The molecule has 5 heteroatoms. The summed E-state index contributed by atoms with van der Waals surface area (Å²) in [4.78, 5) is 11.9. The molecule has 1 heterocycles. The van der Waals surface area contributed by atoms with Crippen molar-refractivity contribution in [3.8, 4) is 17.2 Å². The molecule has 5 nitrogen and oxygen atoms in total. The molecule has 1 N–H and O–H groups in total. The van der Waals surface area contributed by atoms with Crippen molar-refractivity contribution >= 4 is 5.91 Å². The van der Waals surface area contributed by atoms with Crippen LogP contribution in [0, 0.1) is 0 Å². The van der Waals surface area contributed by atoms with Gasteiger partial charge in [0.1, 0.15) is 25.6 Å². The maximum atomic E-state index is 11.9. The monoisotopic (exact) mass is 327 g/mol. The number of nitrogens with one attached hydrogen (secondary N) is 1. The first-order chi connectivity index (χ1) is 11.8. The van der Waals surface area contributed by atoms with E-state index in [2.05, 4.69) is 5.32 Å². The fourth-order valence-electron chi connectivity index (χ4n) is 2.47. The largest absolute Gasteiger partial charge is 0.492 e. The lowest BCUT2D eigenvalue weighted by atomic mass is 10.1. The van der Waals surface area contributed by atoms with Gasteiger partial charge in [-0.05, 0) is 36.2 Å². The van der Waals surface area contributed by atoms with Gasteiger partial charge in [0.15, 0.2) is 11.5 Å². The van der Waals surface area contributed by atoms with Gasteiger partial charge in [0.25, 0.3) is 0 Å². The molecule has 126 valence electrons. The molecule has 24 heavy (non-hydrogen) atoms. The molecule has 0 saturated heterocycles. The van der Waals surface area contributed by atoms with Crippen LogP contribution in [0.15, 0.2) is 48.5 Å². The molecule has 0 spiro atoms. The highest BCUT2D eigenvalue weighted by Gasteiger charge is 2.12. The number of carbonyl (C=O) groups is 1. The molecule has 0 saturated carbocycles. The minimum absolute atomic E-state index is 0.0153. The first-order valence-electron chi connectivity index (χ1n) is 8.14. The van der Waals surface area contributed by atoms with E-state index in [9.17, 15) is 4.79 Å². The predicted molar refractivity (Wildman–Crippen MR) is 90.7 cm³/mol. The van der Waals surface area contributed by atoms with Crippen LogP contribution in [0.4, 0.5) is 0 Å². The first-order valence-corrected chi connectivity index (χ1v) is 8.14. The van der Waals surface area contributed by atoms with Crippen molar-refractivity contribution < 1.29 is 19.0 Å². The third kappa shape index (κ3) is 4.65. The molecule has 3 rings (SSSR count). The quantitative estimate of drug-likeness (QED) is 0.794. The average molecular weight is 327 g/mol. The third-order valence-electron chi connectivity index (χ3n) is 3.68. The van der Waals surface area contributed by atoms with E-state index in [0.29, 0.717) is 39.2 Å². The van der Waals surface area contributed by atoms with E-state index in [4.69, 9.17) is 14.2 Å². The summed E-state index contributed by atoms with van der Waals surface area (Å²) in [5.74, 6) is 2.35. The Kier molecular flexibility index (Phi) is 5.56. The lowest BCUT2D eigenvalue weighted by molar-refractivity contribution is -0.121. The summed E-state index contributed by atoms with van der Waals surface area (Å²) >= 11 is 0. The zero-order chi connectivity index (χ0) is 16.6. The van der Waals surface area contributed by atoms with Gasteiger partial charge in [0.2, 0.25) is 5.91 Å². The Morgan fingerprint density at radius 2 is 1.83 bits per heavy atom. The van der Waals surface area contributed by atoms with Gasteiger partial charge in [-0.15, -0.1) is 0 Å². The van der Waals surface area contributed by atoms with Gasteiger partial charge >= 0.3 is 0 Å². The van der Waals surface area contributed by atoms with E-state index in [1.54, 1.807) is 0 Å². The van der Waals surface area contributed by atoms with Crippen LogP contribution in [0.2, 0.25) is 0 Å². The van der Waals surface area contributed by atoms with Gasteiger partial charge in [0, 0.05) is 6.42 Å². The number of rotatable bonds is 7. The second kappa shape index (κ2) is 8.24. The van der Waals surface area contributed by atoms with Crippen LogP contribution in [-0.2, 0) is 11.2 Å². The van der Waals surface area contributed by atoms with Crippen LogP contribution < -0.4 is 19.5 Å². The van der Waals surface area contributed by atoms with Gasteiger partial charge < -0.3 is 19.5 Å². The molecule has 0 aliphatic carbocycles. The van der Waals surface area contributed by atoms with Gasteiger partial charge in [0.05, 0.1) is 6.54 Å². The summed E-state index contributed by atoms with van der Waals surface area (Å²) < 4.78 is 16.6. The van der Waals surface area contributed by atoms with E-state index >= 15 is 0 Å². The molecule has 1 aliphatic rings. The number of para-hydroxylation sites is 1. The van der Waals surface area contributed by atoms with Gasteiger partial charge in [-0.3, -0.25) is 4.79 Å². The third-order valence-corrected chi connectivity index (χ3v) is 3.68. The number of carbonyl (C=O) groups excluding carboxylic acids is 1. The second-order valence-corrected chi connectivity index (χ2v) is 5.49. The van der Waals surface area contributed by atoms with Crippen molar-refractivity contribution in [1.82, 2.24) is 5.32 Å². The maximum absolute atomic E-state index is 11.9. The number of ether oxygens (including phenoxy) is 3. The van der Waals surface area contributed by atoms with Crippen molar-refractivity contribution in [3.63, 3.8) is 0 Å². The second-order valence-electron chi connectivity index (χ2n) is 5.49. The van der Waals surface area contributed by atoms with Crippen LogP contribution in [-0.4, -0.2) is 32.3 Å². The number of benzene rings is 2. The van der Waals surface area contributed by atoms with E-state index < -0.39 is 0 Å². The molecule has 1 aliphatic heterocycles. The molecule has 0 bridgehead atoms. The van der Waals surface area contributed by atoms with Crippen LogP contribution in [0.25, 0.3) is 0 Å². The van der Waals surface area contributed by atoms with Crippen molar-refractivity contribution in [3.05, 3.63) is 54.1 Å². The molecular weight excluding hydrogens is 306 g/mol. The lowest BCUT2D eigenvalue weighted by Gasteiger charge is -2.18. The number of fused-ring (bicyclic) bond motifs is 1. The molecule has 2 aromatic carbocycles. The average Bonchev–Trinajstić information content (AvgIpc) is 2.64. The highest BCUT2D eigenvalue weighted by Crippen LogP contribution is 2.31. The van der Waals surface area contributed by atoms with E-state index in [-0.39, 0.29) is 5.91 Å². The van der Waals surface area contributed by atoms with Crippen molar-refractivity contribution in [1.29, 1.82) is 0 Å². The molecule has 1 amide bonds. The Morgan fingerprint density at radius 1 is 1.04 bits per heavy atom. The van der Waals surface area contributed by atoms with E-state index in [0.717, 1.165) is 22.8 Å². The fourth-order valence-corrected chi connectivity index (χ4v) is 2.47. The molecule has 2 aromatic rings. The van der Waals surface area contributed by atoms with Crippen molar-refractivity contribution in [2.24, 2.45) is 0 Å². The van der Waals surface area contributed by atoms with Crippen LogP contribution >= 0.6 is 0 Å². The van der Waals surface area contributed by atoms with Crippen LogP contribution in [0.5, 0.6) is 17.2 Å². The molecule has 0 fully saturated rings. The fraction of sp³-hybridized carbons (Fsp3) is 0.316. The molecule has 0 atom stereocenters. The normalized spacial score (nSPS) is 12.5. The smallest absolute Gasteiger partial charge is 0.220 e. The Hall–Kier alpha value is -2.69. The number of hydrogen-bond acceptors (Lipinski definition) is 4. The summed E-state index contributed by atoms with van der Waals surface area (Å²) in [5, 5.41) is 2.87. The Labute approximate surface area is 141 Å². The van der Waals surface area contributed by atoms with E-state index in [1.807, 2.05) is 48.5 Å². The van der Waals surface area contributed by atoms with Gasteiger partial charge in [-0.25, -0.2) is 0 Å². The lowest BCUT2D eigenvalue weighted by Crippen LogP contribution is -2.28. The predicted octanol–water partition coefficient (Wildman–Crippen LogP) is 2.59. The van der Waals surface area contributed by atoms with E-state index in [1.165, 1.54) is 0 Å². The Balaban J connectivity index is 1.36. The van der Waals surface area contributed by atoms with Crippen molar-refractivity contribution in [2.75, 3.05) is 26.4 Å². The standard InChI is InChI=1S/C19H21NO4/c21-19(20-10-11-22-16-4-2-1-3-5-16)9-7-15-6-8-17-18(14-15)24-13-12-23-17/h1-6,8,14H,7,9-13H2,(H,20,21). The highest BCUT2D eigenvalue weighted by molar-refractivity contribution is 5.76. The van der Waals surface area contributed by atoms with Crippen LogP contribution in [0.3, 0.4) is 0 Å². The molecule has 0 unspecified atom stereocenters. The minimum atomic E-state index is 0.0153. The molecular formula is C19H21NO4. The minimum Gasteiger partial charge on any atom is -0.492 e. The topological polar surface area (TPSA) is 56.8 Å². The summed E-state index contributed by atoms with van der Waals surface area (Å²) in [5.41, 5.74) is 1.06. The maximum Gasteiger partial charge on any atom is 0.220 e. The Morgan fingerprint density at radius 3 is 2.67 bits per heavy atom. The van der Waals surface area contributed by atoms with Crippen LogP contribution in [0.1, 0.15) is 12.0 Å². The molecule has 0 radical (unpaired) electrons. The zero-order valence-corrected chi connectivity index (χ0v) is 13.5. The number of amides is 1. The number of aryl methyl sites for hydroxylation is 1. The molecule has 0 aromatic heterocycles. The number of hydrogen-bond donors (Lipinski definition) is 1. The Bertz CT molecular complexity index is 672. The highest BCUT2D eigenvalue weighted by atomic mass is 16.6. The summed E-state index contributed by atoms with van der Waals surface area (Å²) in [6, 6.07) is 15.4. The summed E-state index contributed by atoms with van der Waals surface area (Å²) in [6.45, 7) is 2.10. The summed E-state index contributed by atoms with van der Waals surface area (Å²) in [6.07, 6.45) is 1.10.